The molecule has 5 rings (SSSR count). The van der Waals surface area contributed by atoms with Gasteiger partial charge in [-0.25, -0.2) is 8.78 Å². The van der Waals surface area contributed by atoms with E-state index < -0.39 is 23.3 Å². The molecular formula is C36H56F4O2. The maximum atomic E-state index is 13.9. The summed E-state index contributed by atoms with van der Waals surface area (Å²) >= 11 is 0. The van der Waals surface area contributed by atoms with E-state index >= 15 is 0 Å². The Balaban J connectivity index is 0.000000437. The van der Waals surface area contributed by atoms with Crippen molar-refractivity contribution in [2.45, 2.75) is 105 Å². The van der Waals surface area contributed by atoms with Gasteiger partial charge >= 0.3 is 0 Å². The van der Waals surface area contributed by atoms with Crippen molar-refractivity contribution in [2.24, 2.45) is 35.5 Å². The zero-order valence-electron chi connectivity index (χ0n) is 26.0. The maximum Gasteiger partial charge on any atom is 0.200 e. The zero-order chi connectivity index (χ0) is 30.2. The third-order valence-corrected chi connectivity index (χ3v) is 10.2. The maximum absolute atomic E-state index is 13.9. The molecular weight excluding hydrogens is 540 g/mol. The fourth-order valence-electron chi connectivity index (χ4n) is 6.97. The van der Waals surface area contributed by atoms with Gasteiger partial charge in [-0.15, -0.1) is 0 Å². The molecule has 2 aromatic rings. The number of benzene rings is 2. The van der Waals surface area contributed by atoms with Crippen molar-refractivity contribution in [3.63, 3.8) is 0 Å². The first kappa shape index (κ1) is 32.7. The molecule has 2 nitrogen and oxygen atoms in total. The van der Waals surface area contributed by atoms with Crippen LogP contribution in [0.25, 0.3) is 0 Å². The van der Waals surface area contributed by atoms with Crippen LogP contribution in [-0.2, 0) is 0 Å². The molecule has 0 amide bonds. The summed E-state index contributed by atoms with van der Waals surface area (Å²) < 4.78 is 65.4. The number of halogens is 4. The van der Waals surface area contributed by atoms with E-state index in [4.69, 9.17) is 9.47 Å². The van der Waals surface area contributed by atoms with Crippen molar-refractivity contribution in [3.8, 4) is 11.5 Å². The highest BCUT2D eigenvalue weighted by atomic mass is 19.2. The molecule has 0 heterocycles. The Labute approximate surface area is 255 Å². The van der Waals surface area contributed by atoms with Crippen LogP contribution in [0.2, 0.25) is 0 Å². The molecule has 0 bridgehead atoms. The Hall–Kier alpha value is -2.24. The monoisotopic (exact) mass is 596 g/mol. The number of rotatable bonds is 7. The van der Waals surface area contributed by atoms with Crippen molar-refractivity contribution < 1.29 is 31.3 Å². The van der Waals surface area contributed by atoms with Crippen molar-refractivity contribution in [3.05, 3.63) is 58.7 Å². The molecule has 42 heavy (non-hydrogen) atoms. The van der Waals surface area contributed by atoms with Crippen LogP contribution in [0.1, 0.15) is 106 Å². The van der Waals surface area contributed by atoms with E-state index in [1.165, 1.54) is 57.4 Å². The standard InChI is InChI=1S/C21H30F2O.C15H20F2O.3H2/c1-14-3-8-17(9-4-14)18-10-6-16(7-11-18)13-24-19-12-5-15(2)20(22)21(19)23;1-10-3-6-12(7-4-10)9-18-13-8-5-11(2)14(16)15(13)17;;;/h5,12,14,16-18H,3-4,6-11,13H2,1-2H3;5,8,10,12H,3-4,6-7,9H2,1-2H3;3*1H. The van der Waals surface area contributed by atoms with Crippen LogP contribution in [0.5, 0.6) is 11.5 Å². The third kappa shape index (κ3) is 8.89. The van der Waals surface area contributed by atoms with Gasteiger partial charge < -0.3 is 9.47 Å². The van der Waals surface area contributed by atoms with Crippen LogP contribution < -0.4 is 9.47 Å². The summed E-state index contributed by atoms with van der Waals surface area (Å²) in [6.07, 6.45) is 15.1. The zero-order valence-corrected chi connectivity index (χ0v) is 26.0. The lowest BCUT2D eigenvalue weighted by Crippen LogP contribution is -2.27. The van der Waals surface area contributed by atoms with Crippen LogP contribution in [0.15, 0.2) is 24.3 Å². The topological polar surface area (TPSA) is 18.5 Å². The Morgan fingerprint density at radius 2 is 0.857 bits per heavy atom. The van der Waals surface area contributed by atoms with Crippen molar-refractivity contribution >= 4 is 0 Å². The summed E-state index contributed by atoms with van der Waals surface area (Å²) in [5, 5.41) is 0. The van der Waals surface area contributed by atoms with E-state index in [1.54, 1.807) is 32.0 Å². The Morgan fingerprint density at radius 1 is 0.524 bits per heavy atom. The summed E-state index contributed by atoms with van der Waals surface area (Å²) in [6.45, 7) is 8.74. The predicted molar refractivity (Wildman–Crippen MR) is 167 cm³/mol. The molecule has 0 N–H and O–H groups in total. The van der Waals surface area contributed by atoms with Gasteiger partial charge in [-0.1, -0.05) is 51.7 Å². The molecule has 3 fully saturated rings. The van der Waals surface area contributed by atoms with E-state index in [2.05, 4.69) is 13.8 Å². The average Bonchev–Trinajstić information content (AvgIpc) is 3.00. The second-order valence-electron chi connectivity index (χ2n) is 13.6. The molecule has 3 aliphatic carbocycles. The van der Waals surface area contributed by atoms with E-state index in [1.807, 2.05) is 0 Å². The Kier molecular flexibility index (Phi) is 12.0. The van der Waals surface area contributed by atoms with Crippen molar-refractivity contribution in [1.82, 2.24) is 0 Å². The normalized spacial score (nSPS) is 28.0. The quantitative estimate of drug-likeness (QED) is 0.296. The summed E-state index contributed by atoms with van der Waals surface area (Å²) in [4.78, 5) is 0. The van der Waals surface area contributed by atoms with E-state index in [0.29, 0.717) is 36.2 Å². The van der Waals surface area contributed by atoms with Gasteiger partial charge in [-0.3, -0.25) is 0 Å². The summed E-state index contributed by atoms with van der Waals surface area (Å²) in [7, 11) is 0. The van der Waals surface area contributed by atoms with E-state index in [-0.39, 0.29) is 15.8 Å². The van der Waals surface area contributed by atoms with E-state index in [0.717, 1.165) is 49.4 Å². The second kappa shape index (κ2) is 15.5. The molecule has 0 aromatic heterocycles. The van der Waals surface area contributed by atoms with Crippen LogP contribution >= 0.6 is 0 Å². The summed E-state index contributed by atoms with van der Waals surface area (Å²) in [5.41, 5.74) is 0.633. The molecule has 2 aromatic carbocycles. The van der Waals surface area contributed by atoms with Crippen LogP contribution in [0, 0.1) is 72.6 Å². The molecule has 0 aliphatic heterocycles. The molecule has 6 heteroatoms. The van der Waals surface area contributed by atoms with Gasteiger partial charge in [0, 0.05) is 4.28 Å². The highest BCUT2D eigenvalue weighted by molar-refractivity contribution is 5.31. The Morgan fingerprint density at radius 3 is 1.26 bits per heavy atom. The van der Waals surface area contributed by atoms with Gasteiger partial charge in [0.05, 0.1) is 13.2 Å². The fourth-order valence-corrected chi connectivity index (χ4v) is 6.97. The molecule has 3 aliphatic rings. The van der Waals surface area contributed by atoms with Gasteiger partial charge in [-0.2, -0.15) is 8.78 Å². The highest BCUT2D eigenvalue weighted by Crippen LogP contribution is 2.41. The molecule has 240 valence electrons. The molecule has 0 unspecified atom stereocenters. The number of ether oxygens (including phenoxy) is 2. The summed E-state index contributed by atoms with van der Waals surface area (Å²) in [5.74, 6) is 1.25. The van der Waals surface area contributed by atoms with Gasteiger partial charge in [-0.05, 0) is 124 Å². The van der Waals surface area contributed by atoms with Crippen LogP contribution in [-0.4, -0.2) is 13.2 Å². The minimum atomic E-state index is -0.862. The average molecular weight is 597 g/mol. The Bertz CT molecular complexity index is 1140. The molecule has 0 radical (unpaired) electrons. The van der Waals surface area contributed by atoms with Crippen LogP contribution in [0.4, 0.5) is 17.6 Å². The molecule has 0 spiro atoms. The first-order chi connectivity index (χ1) is 20.1. The van der Waals surface area contributed by atoms with Gasteiger partial charge in [0.25, 0.3) is 0 Å². The minimum absolute atomic E-state index is 0. The molecule has 3 saturated carbocycles. The number of hydrogen-bond acceptors (Lipinski definition) is 2. The third-order valence-electron chi connectivity index (χ3n) is 10.2. The number of hydrogen-bond donors (Lipinski definition) is 0. The molecule has 0 saturated heterocycles. The van der Waals surface area contributed by atoms with E-state index in [9.17, 15) is 17.6 Å². The first-order valence-corrected chi connectivity index (χ1v) is 16.3. The van der Waals surface area contributed by atoms with Crippen molar-refractivity contribution in [1.29, 1.82) is 0 Å². The van der Waals surface area contributed by atoms with Gasteiger partial charge in [0.2, 0.25) is 11.6 Å². The first-order valence-electron chi connectivity index (χ1n) is 16.3. The summed E-state index contributed by atoms with van der Waals surface area (Å²) in [6, 6.07) is 6.19. The highest BCUT2D eigenvalue weighted by Gasteiger charge is 2.30. The second-order valence-corrected chi connectivity index (χ2v) is 13.6. The predicted octanol–water partition coefficient (Wildman–Crippen LogP) is 11.5. The lowest BCUT2D eigenvalue weighted by Gasteiger charge is -2.37. The lowest BCUT2D eigenvalue weighted by molar-refractivity contribution is 0.124. The van der Waals surface area contributed by atoms with Gasteiger partial charge in [0.15, 0.2) is 23.1 Å². The van der Waals surface area contributed by atoms with Crippen molar-refractivity contribution in [2.75, 3.05) is 13.2 Å². The SMILES string of the molecule is Cc1ccc(OCC2CCC(C)CC2)c(F)c1F.Cc1ccc(OCC2CCC(C3CCC(C)CC3)CC2)c(F)c1F.[HH].[HH].[HH]. The van der Waals surface area contributed by atoms with Crippen LogP contribution in [0.3, 0.4) is 0 Å². The number of aryl methyl sites for hydroxylation is 2. The van der Waals surface area contributed by atoms with Gasteiger partial charge in [0.1, 0.15) is 0 Å². The smallest absolute Gasteiger partial charge is 0.200 e. The largest absolute Gasteiger partial charge is 0.490 e. The minimum Gasteiger partial charge on any atom is -0.490 e. The fraction of sp³-hybridized carbons (Fsp3) is 0.667. The lowest BCUT2D eigenvalue weighted by atomic mass is 9.69. The molecule has 0 atom stereocenters.